The van der Waals surface area contributed by atoms with E-state index in [1.807, 2.05) is 0 Å². The molecule has 0 aliphatic heterocycles. The molecule has 1 aliphatic rings. The van der Waals surface area contributed by atoms with Gasteiger partial charge in [0.1, 0.15) is 16.9 Å². The van der Waals surface area contributed by atoms with Gasteiger partial charge >= 0.3 is 0 Å². The number of hydrogen-bond acceptors (Lipinski definition) is 4. The van der Waals surface area contributed by atoms with Gasteiger partial charge in [-0.1, -0.05) is 6.42 Å². The fraction of sp³-hybridized carbons (Fsp3) is 0.375. The van der Waals surface area contributed by atoms with Crippen LogP contribution in [0, 0.1) is 5.41 Å². The topological polar surface area (TPSA) is 84.5 Å². The molecule has 1 aliphatic carbocycles. The third-order valence-corrected chi connectivity index (χ3v) is 4.08. The van der Waals surface area contributed by atoms with Crippen molar-refractivity contribution in [2.45, 2.75) is 32.4 Å². The van der Waals surface area contributed by atoms with Crippen molar-refractivity contribution in [3.05, 3.63) is 48.3 Å². The first kappa shape index (κ1) is 14.4. The number of carbonyl (C=O) groups excluding carboxylic acids is 2. The van der Waals surface area contributed by atoms with Gasteiger partial charge in [-0.15, -0.1) is 0 Å². The number of furan rings is 2. The van der Waals surface area contributed by atoms with Crippen molar-refractivity contribution in [3.8, 4) is 0 Å². The molecule has 0 saturated heterocycles. The summed E-state index contributed by atoms with van der Waals surface area (Å²) in [6, 6.07) is 7.09. The summed E-state index contributed by atoms with van der Waals surface area (Å²) in [7, 11) is 0. The van der Waals surface area contributed by atoms with Crippen molar-refractivity contribution in [3.63, 3.8) is 0 Å². The van der Waals surface area contributed by atoms with E-state index in [1.54, 1.807) is 36.8 Å². The van der Waals surface area contributed by atoms with E-state index in [1.165, 1.54) is 0 Å². The SMILES string of the molecule is O=C(NCc1ccco1)C1(C(=O)NCc2ccco2)CCC1. The van der Waals surface area contributed by atoms with E-state index < -0.39 is 5.41 Å². The predicted molar refractivity (Wildman–Crippen MR) is 77.4 cm³/mol. The normalized spacial score (nSPS) is 15.8. The summed E-state index contributed by atoms with van der Waals surface area (Å²) in [5.41, 5.74) is -0.959. The summed E-state index contributed by atoms with van der Waals surface area (Å²) in [6.45, 7) is 0.581. The van der Waals surface area contributed by atoms with E-state index >= 15 is 0 Å². The van der Waals surface area contributed by atoms with Crippen molar-refractivity contribution in [2.75, 3.05) is 0 Å². The van der Waals surface area contributed by atoms with Gasteiger partial charge in [-0.25, -0.2) is 0 Å². The van der Waals surface area contributed by atoms with Gasteiger partial charge in [0, 0.05) is 0 Å². The van der Waals surface area contributed by atoms with Crippen molar-refractivity contribution in [2.24, 2.45) is 5.41 Å². The second-order valence-electron chi connectivity index (χ2n) is 5.46. The lowest BCUT2D eigenvalue weighted by molar-refractivity contribution is -0.149. The number of amides is 2. The molecule has 116 valence electrons. The summed E-state index contributed by atoms with van der Waals surface area (Å²) >= 11 is 0. The van der Waals surface area contributed by atoms with Crippen LogP contribution in [0.1, 0.15) is 30.8 Å². The van der Waals surface area contributed by atoms with Crippen LogP contribution in [0.15, 0.2) is 45.6 Å². The van der Waals surface area contributed by atoms with E-state index in [9.17, 15) is 9.59 Å². The van der Waals surface area contributed by atoms with Crippen LogP contribution in [0.5, 0.6) is 0 Å². The van der Waals surface area contributed by atoms with Gasteiger partial charge in [-0.3, -0.25) is 9.59 Å². The Kier molecular flexibility index (Phi) is 4.00. The Balaban J connectivity index is 1.58. The summed E-state index contributed by atoms with van der Waals surface area (Å²) < 4.78 is 10.4. The number of nitrogens with one attached hydrogen (secondary N) is 2. The summed E-state index contributed by atoms with van der Waals surface area (Å²) in [5, 5.41) is 5.57. The monoisotopic (exact) mass is 302 g/mol. The second kappa shape index (κ2) is 6.09. The second-order valence-corrected chi connectivity index (χ2v) is 5.46. The molecule has 2 aromatic heterocycles. The Bertz CT molecular complexity index is 575. The van der Waals surface area contributed by atoms with E-state index in [0.717, 1.165) is 6.42 Å². The van der Waals surface area contributed by atoms with Gasteiger partial charge < -0.3 is 19.5 Å². The molecule has 0 bridgehead atoms. The van der Waals surface area contributed by atoms with Crippen molar-refractivity contribution in [1.29, 1.82) is 0 Å². The van der Waals surface area contributed by atoms with Crippen molar-refractivity contribution < 1.29 is 18.4 Å². The molecule has 2 aromatic rings. The van der Waals surface area contributed by atoms with Crippen LogP contribution in [0.2, 0.25) is 0 Å². The molecular formula is C16H18N2O4. The first-order chi connectivity index (χ1) is 10.7. The maximum absolute atomic E-state index is 12.4. The highest BCUT2D eigenvalue weighted by atomic mass is 16.3. The highest BCUT2D eigenvalue weighted by Crippen LogP contribution is 2.41. The minimum absolute atomic E-state index is 0.243. The lowest BCUT2D eigenvalue weighted by atomic mass is 9.67. The Morgan fingerprint density at radius 1 is 0.955 bits per heavy atom. The minimum atomic E-state index is -0.959. The number of hydrogen-bond donors (Lipinski definition) is 2. The molecule has 2 heterocycles. The smallest absolute Gasteiger partial charge is 0.236 e. The van der Waals surface area contributed by atoms with Crippen LogP contribution in [-0.2, 0) is 22.7 Å². The van der Waals surface area contributed by atoms with Gasteiger partial charge in [0.05, 0.1) is 25.6 Å². The zero-order valence-corrected chi connectivity index (χ0v) is 12.1. The lowest BCUT2D eigenvalue weighted by Crippen LogP contribution is -2.55. The molecular weight excluding hydrogens is 284 g/mol. The number of carbonyl (C=O) groups is 2. The van der Waals surface area contributed by atoms with E-state index in [0.29, 0.717) is 37.5 Å². The zero-order valence-electron chi connectivity index (χ0n) is 12.1. The Morgan fingerprint density at radius 2 is 1.45 bits per heavy atom. The largest absolute Gasteiger partial charge is 0.467 e. The fourth-order valence-corrected chi connectivity index (χ4v) is 2.59. The van der Waals surface area contributed by atoms with Crippen LogP contribution >= 0.6 is 0 Å². The van der Waals surface area contributed by atoms with E-state index in [-0.39, 0.29) is 11.8 Å². The molecule has 3 rings (SSSR count). The zero-order chi connectivity index (χ0) is 15.4. The molecule has 0 aromatic carbocycles. The van der Waals surface area contributed by atoms with Gasteiger partial charge in [0.2, 0.25) is 11.8 Å². The lowest BCUT2D eigenvalue weighted by Gasteiger charge is -2.38. The Hall–Kier alpha value is -2.50. The molecule has 0 atom stereocenters. The highest BCUT2D eigenvalue weighted by molar-refractivity contribution is 6.05. The summed E-state index contributed by atoms with van der Waals surface area (Å²) in [6.07, 6.45) is 5.12. The molecule has 6 nitrogen and oxygen atoms in total. The molecule has 0 radical (unpaired) electrons. The molecule has 22 heavy (non-hydrogen) atoms. The molecule has 0 unspecified atom stereocenters. The third kappa shape index (κ3) is 2.77. The molecule has 1 fully saturated rings. The average molecular weight is 302 g/mol. The Morgan fingerprint density at radius 3 is 1.77 bits per heavy atom. The summed E-state index contributed by atoms with van der Waals surface area (Å²) in [5.74, 6) is 0.844. The van der Waals surface area contributed by atoms with Crippen LogP contribution in [0.3, 0.4) is 0 Å². The molecule has 6 heteroatoms. The maximum atomic E-state index is 12.4. The van der Waals surface area contributed by atoms with Crippen LogP contribution in [0.4, 0.5) is 0 Å². The molecule has 2 N–H and O–H groups in total. The summed E-state index contributed by atoms with van der Waals surface area (Å²) in [4.78, 5) is 24.8. The van der Waals surface area contributed by atoms with Crippen LogP contribution in [0.25, 0.3) is 0 Å². The standard InChI is InChI=1S/C16H18N2O4/c19-14(17-10-12-4-1-8-21-12)16(6-3-7-16)15(20)18-11-13-5-2-9-22-13/h1-2,4-5,8-9H,3,6-7,10-11H2,(H,17,19)(H,18,20). The number of rotatable bonds is 6. The van der Waals surface area contributed by atoms with Gasteiger partial charge in [0.15, 0.2) is 0 Å². The van der Waals surface area contributed by atoms with E-state index in [4.69, 9.17) is 8.83 Å². The first-order valence-electron chi connectivity index (χ1n) is 7.32. The first-order valence-corrected chi connectivity index (χ1v) is 7.32. The minimum Gasteiger partial charge on any atom is -0.467 e. The molecule has 0 spiro atoms. The van der Waals surface area contributed by atoms with Crippen molar-refractivity contribution in [1.82, 2.24) is 10.6 Å². The molecule has 2 amide bonds. The van der Waals surface area contributed by atoms with Crippen LogP contribution < -0.4 is 10.6 Å². The van der Waals surface area contributed by atoms with Gasteiger partial charge in [-0.05, 0) is 37.1 Å². The van der Waals surface area contributed by atoms with Gasteiger partial charge in [0.25, 0.3) is 0 Å². The van der Waals surface area contributed by atoms with E-state index in [2.05, 4.69) is 10.6 Å². The molecule has 1 saturated carbocycles. The van der Waals surface area contributed by atoms with Gasteiger partial charge in [-0.2, -0.15) is 0 Å². The maximum Gasteiger partial charge on any atom is 0.236 e. The Labute approximate surface area is 127 Å². The predicted octanol–water partition coefficient (Wildman–Crippen LogP) is 1.98. The fourth-order valence-electron chi connectivity index (χ4n) is 2.59. The third-order valence-electron chi connectivity index (χ3n) is 4.08. The van der Waals surface area contributed by atoms with Crippen molar-refractivity contribution >= 4 is 11.8 Å². The quantitative estimate of drug-likeness (QED) is 0.799. The highest BCUT2D eigenvalue weighted by Gasteiger charge is 2.50. The van der Waals surface area contributed by atoms with Crippen LogP contribution in [-0.4, -0.2) is 11.8 Å². The average Bonchev–Trinajstić information content (AvgIpc) is 3.15.